The van der Waals surface area contributed by atoms with Gasteiger partial charge in [0, 0.05) is 13.1 Å². The van der Waals surface area contributed by atoms with E-state index in [2.05, 4.69) is 5.32 Å². The zero-order valence-electron chi connectivity index (χ0n) is 19.9. The minimum Gasteiger partial charge on any atom is -0.355 e. The molecule has 3 rings (SSSR count). The van der Waals surface area contributed by atoms with Gasteiger partial charge in [0.15, 0.2) is 0 Å². The minimum atomic E-state index is -4.08. The van der Waals surface area contributed by atoms with Gasteiger partial charge in [-0.05, 0) is 55.8 Å². The summed E-state index contributed by atoms with van der Waals surface area (Å²) in [6, 6.07) is 20.3. The molecule has 0 saturated carbocycles. The van der Waals surface area contributed by atoms with Gasteiger partial charge in [-0.2, -0.15) is 0 Å². The van der Waals surface area contributed by atoms with Gasteiger partial charge in [0.1, 0.15) is 12.6 Å². The van der Waals surface area contributed by atoms with E-state index in [1.807, 2.05) is 0 Å². The summed E-state index contributed by atoms with van der Waals surface area (Å²) in [5.74, 6) is -0.911. The van der Waals surface area contributed by atoms with Crippen molar-refractivity contribution in [2.24, 2.45) is 0 Å². The molecule has 0 heterocycles. The smallest absolute Gasteiger partial charge is 0.264 e. The van der Waals surface area contributed by atoms with E-state index in [1.165, 1.54) is 17.0 Å². The fourth-order valence-corrected chi connectivity index (χ4v) is 5.34. The number of likely N-dealkylation sites (N-methyl/N-ethyl adjacent to an activating group) is 1. The number of halogens is 2. The summed E-state index contributed by atoms with van der Waals surface area (Å²) in [6.45, 7) is 3.28. The van der Waals surface area contributed by atoms with Gasteiger partial charge >= 0.3 is 0 Å². The largest absolute Gasteiger partial charge is 0.355 e. The first-order valence-electron chi connectivity index (χ1n) is 11.3. The van der Waals surface area contributed by atoms with Crippen LogP contribution in [-0.4, -0.2) is 44.3 Å². The van der Waals surface area contributed by atoms with E-state index in [9.17, 15) is 18.0 Å². The van der Waals surface area contributed by atoms with Gasteiger partial charge in [-0.1, -0.05) is 65.7 Å². The average molecular weight is 548 g/mol. The Morgan fingerprint density at radius 1 is 0.917 bits per heavy atom. The maximum atomic E-state index is 13.7. The molecule has 3 aromatic carbocycles. The molecule has 0 aliphatic carbocycles. The molecule has 0 unspecified atom stereocenters. The van der Waals surface area contributed by atoms with Crippen molar-refractivity contribution in [1.82, 2.24) is 10.2 Å². The Labute approximate surface area is 221 Å². The van der Waals surface area contributed by atoms with E-state index in [4.69, 9.17) is 23.2 Å². The number of carbonyl (C=O) groups is 2. The molecular weight excluding hydrogens is 521 g/mol. The Morgan fingerprint density at radius 3 is 2.11 bits per heavy atom. The highest BCUT2D eigenvalue weighted by atomic mass is 35.5. The molecule has 0 aromatic heterocycles. The number of benzene rings is 3. The first-order chi connectivity index (χ1) is 17.1. The lowest BCUT2D eigenvalue weighted by Gasteiger charge is -2.32. The monoisotopic (exact) mass is 547 g/mol. The fraction of sp³-hybridized carbons (Fsp3) is 0.231. The van der Waals surface area contributed by atoms with Crippen LogP contribution in [0.3, 0.4) is 0 Å². The molecule has 0 fully saturated rings. The third-order valence-corrected chi connectivity index (χ3v) is 8.04. The topological polar surface area (TPSA) is 86.8 Å². The second-order valence-corrected chi connectivity index (χ2v) is 10.7. The molecule has 36 heavy (non-hydrogen) atoms. The molecule has 190 valence electrons. The molecule has 0 spiro atoms. The van der Waals surface area contributed by atoms with Crippen LogP contribution in [0, 0.1) is 0 Å². The lowest BCUT2D eigenvalue weighted by atomic mass is 10.1. The van der Waals surface area contributed by atoms with Crippen LogP contribution >= 0.6 is 23.2 Å². The Hall–Kier alpha value is -3.07. The molecule has 0 bridgehead atoms. The average Bonchev–Trinajstić information content (AvgIpc) is 2.88. The van der Waals surface area contributed by atoms with Crippen LogP contribution in [0.5, 0.6) is 0 Å². The number of anilines is 1. The predicted molar refractivity (Wildman–Crippen MR) is 143 cm³/mol. The quantitative estimate of drug-likeness (QED) is 0.397. The number of para-hydroxylation sites is 1. The molecule has 0 saturated heterocycles. The van der Waals surface area contributed by atoms with Gasteiger partial charge in [-0.25, -0.2) is 8.42 Å². The number of nitrogens with zero attached hydrogens (tertiary/aromatic N) is 2. The van der Waals surface area contributed by atoms with E-state index in [-0.39, 0.29) is 17.3 Å². The van der Waals surface area contributed by atoms with Crippen molar-refractivity contribution in [3.05, 3.63) is 94.5 Å². The van der Waals surface area contributed by atoms with Gasteiger partial charge in [0.05, 0.1) is 20.6 Å². The molecule has 0 radical (unpaired) electrons. The van der Waals surface area contributed by atoms with Crippen molar-refractivity contribution in [2.75, 3.05) is 17.4 Å². The SMILES string of the molecule is CCNC(=O)[C@@H](C)N(Cc1ccc(Cl)c(Cl)c1)C(=O)CN(c1ccccc1)S(=O)(=O)c1ccccc1. The maximum Gasteiger partial charge on any atom is 0.264 e. The number of carbonyl (C=O) groups excluding carboxylic acids is 2. The van der Waals surface area contributed by atoms with E-state index >= 15 is 0 Å². The highest BCUT2D eigenvalue weighted by Gasteiger charge is 2.32. The third-order valence-electron chi connectivity index (χ3n) is 5.51. The summed E-state index contributed by atoms with van der Waals surface area (Å²) in [6.07, 6.45) is 0. The lowest BCUT2D eigenvalue weighted by molar-refractivity contribution is -0.139. The zero-order valence-corrected chi connectivity index (χ0v) is 22.2. The van der Waals surface area contributed by atoms with Gasteiger partial charge in [-0.3, -0.25) is 13.9 Å². The second kappa shape index (κ2) is 12.3. The van der Waals surface area contributed by atoms with Gasteiger partial charge < -0.3 is 10.2 Å². The van der Waals surface area contributed by atoms with E-state index in [0.29, 0.717) is 27.8 Å². The van der Waals surface area contributed by atoms with Crippen LogP contribution < -0.4 is 9.62 Å². The summed E-state index contributed by atoms with van der Waals surface area (Å²) >= 11 is 12.2. The number of hydrogen-bond acceptors (Lipinski definition) is 4. The number of sulfonamides is 1. The minimum absolute atomic E-state index is 0.0298. The molecule has 1 atom stereocenters. The highest BCUT2D eigenvalue weighted by molar-refractivity contribution is 7.92. The van der Waals surface area contributed by atoms with E-state index < -0.39 is 28.5 Å². The van der Waals surface area contributed by atoms with Crippen molar-refractivity contribution in [2.45, 2.75) is 31.3 Å². The summed E-state index contributed by atoms with van der Waals surface area (Å²) < 4.78 is 28.2. The number of rotatable bonds is 10. The zero-order chi connectivity index (χ0) is 26.3. The third kappa shape index (κ3) is 6.57. The maximum absolute atomic E-state index is 13.7. The lowest BCUT2D eigenvalue weighted by Crippen LogP contribution is -2.51. The number of amides is 2. The van der Waals surface area contributed by atoms with Gasteiger partial charge in [-0.15, -0.1) is 0 Å². The van der Waals surface area contributed by atoms with Crippen molar-refractivity contribution in [3.8, 4) is 0 Å². The fourth-order valence-electron chi connectivity index (χ4n) is 3.58. The number of hydrogen-bond donors (Lipinski definition) is 1. The Morgan fingerprint density at radius 2 is 1.53 bits per heavy atom. The van der Waals surface area contributed by atoms with E-state index in [1.54, 1.807) is 80.6 Å². The van der Waals surface area contributed by atoms with Crippen molar-refractivity contribution in [3.63, 3.8) is 0 Å². The molecule has 0 aliphatic rings. The summed E-state index contributed by atoms with van der Waals surface area (Å²) in [5, 5.41) is 3.39. The molecule has 3 aromatic rings. The van der Waals surface area contributed by atoms with Crippen LogP contribution in [0.15, 0.2) is 83.8 Å². The Kier molecular flexibility index (Phi) is 9.37. The molecule has 10 heteroatoms. The molecular formula is C26H27Cl2N3O4S. The first-order valence-corrected chi connectivity index (χ1v) is 13.5. The molecule has 2 amide bonds. The van der Waals surface area contributed by atoms with Crippen LogP contribution in [0.25, 0.3) is 0 Å². The molecule has 1 N–H and O–H groups in total. The second-order valence-electron chi connectivity index (χ2n) is 8.00. The summed E-state index contributed by atoms with van der Waals surface area (Å²) in [4.78, 5) is 27.8. The van der Waals surface area contributed by atoms with Crippen molar-refractivity contribution < 1.29 is 18.0 Å². The van der Waals surface area contributed by atoms with Crippen molar-refractivity contribution in [1.29, 1.82) is 0 Å². The predicted octanol–water partition coefficient (Wildman–Crippen LogP) is 4.74. The molecule has 7 nitrogen and oxygen atoms in total. The Balaban J connectivity index is 2.00. The van der Waals surface area contributed by atoms with Crippen LogP contribution in [0.4, 0.5) is 5.69 Å². The summed E-state index contributed by atoms with van der Waals surface area (Å²) in [7, 11) is -4.08. The van der Waals surface area contributed by atoms with Crippen LogP contribution in [0.1, 0.15) is 19.4 Å². The van der Waals surface area contributed by atoms with Crippen LogP contribution in [0.2, 0.25) is 10.0 Å². The van der Waals surface area contributed by atoms with Crippen molar-refractivity contribution >= 4 is 50.7 Å². The number of nitrogens with one attached hydrogen (secondary N) is 1. The normalized spacial score (nSPS) is 12.0. The standard InChI is InChI=1S/C26H27Cl2N3O4S/c1-3-29-26(33)19(2)30(17-20-14-15-23(27)24(28)16-20)25(32)18-31(21-10-6-4-7-11-21)36(34,35)22-12-8-5-9-13-22/h4-16,19H,3,17-18H2,1-2H3,(H,29,33)/t19-/m1/s1. The van der Waals surface area contributed by atoms with E-state index in [0.717, 1.165) is 4.31 Å². The first kappa shape index (κ1) is 27.5. The Bertz CT molecular complexity index is 1310. The highest BCUT2D eigenvalue weighted by Crippen LogP contribution is 2.26. The molecule has 0 aliphatic heterocycles. The van der Waals surface area contributed by atoms with Gasteiger partial charge in [0.25, 0.3) is 10.0 Å². The summed E-state index contributed by atoms with van der Waals surface area (Å²) in [5.41, 5.74) is 0.973. The van der Waals surface area contributed by atoms with Gasteiger partial charge in [0.2, 0.25) is 11.8 Å². The van der Waals surface area contributed by atoms with Crippen LogP contribution in [-0.2, 0) is 26.2 Å².